The van der Waals surface area contributed by atoms with Crippen LogP contribution in [0.15, 0.2) is 60.7 Å². The second-order valence-corrected chi connectivity index (χ2v) is 9.01. The van der Waals surface area contributed by atoms with Gasteiger partial charge in [-0.3, -0.25) is 4.79 Å². The zero-order chi connectivity index (χ0) is 22.7. The number of rotatable bonds is 6. The first-order valence-electron chi connectivity index (χ1n) is 9.80. The van der Waals surface area contributed by atoms with Crippen LogP contribution >= 0.6 is 0 Å². The summed E-state index contributed by atoms with van der Waals surface area (Å²) in [6.45, 7) is 13.7. The van der Waals surface area contributed by atoms with Crippen LogP contribution in [-0.4, -0.2) is 22.6 Å². The standard InChI is InChI=1S/C25H30O5/c1-16(2)22(26)29-20-14-12-18(13-15-20)17-8-10-19(11-9-17)21(25(6,7)28)30-23(27)24(3,4)5/h8-15,21,28H,1H2,2-7H3. The van der Waals surface area contributed by atoms with E-state index in [1.165, 1.54) is 0 Å². The van der Waals surface area contributed by atoms with Crippen LogP contribution in [0.3, 0.4) is 0 Å². The molecule has 2 aromatic rings. The predicted molar refractivity (Wildman–Crippen MR) is 117 cm³/mol. The summed E-state index contributed by atoms with van der Waals surface area (Å²) in [4.78, 5) is 24.0. The molecule has 0 aliphatic carbocycles. The van der Waals surface area contributed by atoms with Crippen molar-refractivity contribution in [3.05, 3.63) is 66.2 Å². The molecule has 2 rings (SSSR count). The van der Waals surface area contributed by atoms with Gasteiger partial charge in [-0.15, -0.1) is 0 Å². The summed E-state index contributed by atoms with van der Waals surface area (Å²) in [5.74, 6) is -0.396. The summed E-state index contributed by atoms with van der Waals surface area (Å²) in [6, 6.07) is 14.6. The molecule has 0 radical (unpaired) electrons. The first kappa shape index (κ1) is 23.4. The smallest absolute Gasteiger partial charge is 0.338 e. The van der Waals surface area contributed by atoms with Crippen LogP contribution in [0.4, 0.5) is 0 Å². The molecule has 0 saturated carbocycles. The number of ether oxygens (including phenoxy) is 2. The summed E-state index contributed by atoms with van der Waals surface area (Å²) in [5.41, 5.74) is 1.01. The van der Waals surface area contributed by atoms with E-state index in [9.17, 15) is 14.7 Å². The Balaban J connectivity index is 2.22. The van der Waals surface area contributed by atoms with Gasteiger partial charge in [0, 0.05) is 5.57 Å². The van der Waals surface area contributed by atoms with Gasteiger partial charge in [0.1, 0.15) is 11.4 Å². The number of esters is 2. The molecule has 1 N–H and O–H groups in total. The highest BCUT2D eigenvalue weighted by Gasteiger charge is 2.35. The lowest BCUT2D eigenvalue weighted by molar-refractivity contribution is -0.172. The maximum atomic E-state index is 12.4. The molecule has 30 heavy (non-hydrogen) atoms. The van der Waals surface area contributed by atoms with Gasteiger partial charge in [0.15, 0.2) is 6.10 Å². The van der Waals surface area contributed by atoms with Crippen LogP contribution in [0.1, 0.15) is 53.2 Å². The fraction of sp³-hybridized carbons (Fsp3) is 0.360. The van der Waals surface area contributed by atoms with Crippen LogP contribution in [-0.2, 0) is 14.3 Å². The van der Waals surface area contributed by atoms with E-state index in [4.69, 9.17) is 9.47 Å². The topological polar surface area (TPSA) is 72.8 Å². The molecular formula is C25H30O5. The Kier molecular flexibility index (Phi) is 6.88. The maximum Gasteiger partial charge on any atom is 0.338 e. The molecule has 0 spiro atoms. The van der Waals surface area contributed by atoms with Gasteiger partial charge in [0.25, 0.3) is 0 Å². The van der Waals surface area contributed by atoms with E-state index >= 15 is 0 Å². The van der Waals surface area contributed by atoms with E-state index in [0.717, 1.165) is 11.1 Å². The number of hydrogen-bond acceptors (Lipinski definition) is 5. The highest BCUT2D eigenvalue weighted by Crippen LogP contribution is 2.33. The Labute approximate surface area is 178 Å². The molecule has 0 fully saturated rings. The van der Waals surface area contributed by atoms with Crippen LogP contribution in [0.5, 0.6) is 5.75 Å². The van der Waals surface area contributed by atoms with Gasteiger partial charge in [-0.05, 0) is 70.4 Å². The molecule has 160 valence electrons. The van der Waals surface area contributed by atoms with E-state index in [-0.39, 0.29) is 5.97 Å². The van der Waals surface area contributed by atoms with Gasteiger partial charge >= 0.3 is 11.9 Å². The molecule has 0 aliphatic rings. The number of hydrogen-bond donors (Lipinski definition) is 1. The molecule has 0 amide bonds. The van der Waals surface area contributed by atoms with Crippen molar-refractivity contribution in [2.75, 3.05) is 0 Å². The highest BCUT2D eigenvalue weighted by atomic mass is 16.6. The molecule has 5 nitrogen and oxygen atoms in total. The van der Waals surface area contributed by atoms with Crippen LogP contribution < -0.4 is 4.74 Å². The van der Waals surface area contributed by atoms with Crippen molar-refractivity contribution in [2.45, 2.75) is 53.2 Å². The first-order valence-corrected chi connectivity index (χ1v) is 9.80. The summed E-state index contributed by atoms with van der Waals surface area (Å²) < 4.78 is 10.8. The molecule has 0 bridgehead atoms. The average molecular weight is 411 g/mol. The minimum Gasteiger partial charge on any atom is -0.454 e. The fourth-order valence-corrected chi connectivity index (χ4v) is 2.66. The Morgan fingerprint density at radius 1 is 0.900 bits per heavy atom. The molecule has 1 atom stereocenters. The molecular weight excluding hydrogens is 380 g/mol. The fourth-order valence-electron chi connectivity index (χ4n) is 2.66. The molecule has 0 heterocycles. The second-order valence-electron chi connectivity index (χ2n) is 9.01. The lowest BCUT2D eigenvalue weighted by Crippen LogP contribution is -2.35. The minimum atomic E-state index is -1.24. The zero-order valence-electron chi connectivity index (χ0n) is 18.5. The van der Waals surface area contributed by atoms with E-state index in [0.29, 0.717) is 16.9 Å². The molecule has 2 aromatic carbocycles. The largest absolute Gasteiger partial charge is 0.454 e. The third kappa shape index (κ3) is 6.04. The van der Waals surface area contributed by atoms with Crippen molar-refractivity contribution >= 4 is 11.9 Å². The number of benzene rings is 2. The number of carbonyl (C=O) groups excluding carboxylic acids is 2. The quantitative estimate of drug-likeness (QED) is 0.401. The third-order valence-corrected chi connectivity index (χ3v) is 4.44. The molecule has 0 saturated heterocycles. The minimum absolute atomic E-state index is 0.336. The average Bonchev–Trinajstić information content (AvgIpc) is 2.65. The third-order valence-electron chi connectivity index (χ3n) is 4.44. The predicted octanol–water partition coefficient (Wildman–Crippen LogP) is 5.24. The van der Waals surface area contributed by atoms with Gasteiger partial charge in [-0.1, -0.05) is 43.0 Å². The van der Waals surface area contributed by atoms with Crippen molar-refractivity contribution in [3.63, 3.8) is 0 Å². The van der Waals surface area contributed by atoms with Crippen molar-refractivity contribution in [1.29, 1.82) is 0 Å². The van der Waals surface area contributed by atoms with Crippen molar-refractivity contribution in [2.24, 2.45) is 5.41 Å². The van der Waals surface area contributed by atoms with E-state index < -0.39 is 23.1 Å². The lowest BCUT2D eigenvalue weighted by atomic mass is 9.92. The molecule has 5 heteroatoms. The normalized spacial score (nSPS) is 12.8. The van der Waals surface area contributed by atoms with Crippen molar-refractivity contribution in [3.8, 4) is 16.9 Å². The molecule has 0 aromatic heterocycles. The summed E-state index contributed by atoms with van der Waals surface area (Å²) in [5, 5.41) is 10.5. The number of carbonyl (C=O) groups is 2. The Morgan fingerprint density at radius 2 is 1.37 bits per heavy atom. The van der Waals surface area contributed by atoms with Gasteiger partial charge in [0.2, 0.25) is 0 Å². The lowest BCUT2D eigenvalue weighted by Gasteiger charge is -2.31. The maximum absolute atomic E-state index is 12.4. The summed E-state index contributed by atoms with van der Waals surface area (Å²) in [7, 11) is 0. The summed E-state index contributed by atoms with van der Waals surface area (Å²) >= 11 is 0. The van der Waals surface area contributed by atoms with E-state index in [1.807, 2.05) is 36.4 Å². The Hall–Kier alpha value is -2.92. The summed E-state index contributed by atoms with van der Waals surface area (Å²) in [6.07, 6.45) is -0.790. The zero-order valence-corrected chi connectivity index (χ0v) is 18.5. The van der Waals surface area contributed by atoms with E-state index in [1.54, 1.807) is 53.7 Å². The Bertz CT molecular complexity index is 910. The van der Waals surface area contributed by atoms with Crippen LogP contribution in [0, 0.1) is 5.41 Å². The monoisotopic (exact) mass is 410 g/mol. The van der Waals surface area contributed by atoms with Crippen LogP contribution in [0.2, 0.25) is 0 Å². The van der Waals surface area contributed by atoms with Crippen LogP contribution in [0.25, 0.3) is 11.1 Å². The highest BCUT2D eigenvalue weighted by molar-refractivity contribution is 5.88. The van der Waals surface area contributed by atoms with Crippen molar-refractivity contribution in [1.82, 2.24) is 0 Å². The van der Waals surface area contributed by atoms with Gasteiger partial charge in [-0.25, -0.2) is 4.79 Å². The second kappa shape index (κ2) is 8.84. The molecule has 1 unspecified atom stereocenters. The SMILES string of the molecule is C=C(C)C(=O)Oc1ccc(-c2ccc(C(OC(=O)C(C)(C)C)C(C)(C)O)cc2)cc1. The van der Waals surface area contributed by atoms with Gasteiger partial charge < -0.3 is 14.6 Å². The van der Waals surface area contributed by atoms with E-state index in [2.05, 4.69) is 6.58 Å². The molecule has 0 aliphatic heterocycles. The van der Waals surface area contributed by atoms with Gasteiger partial charge in [-0.2, -0.15) is 0 Å². The van der Waals surface area contributed by atoms with Gasteiger partial charge in [0.05, 0.1) is 5.41 Å². The Morgan fingerprint density at radius 3 is 1.77 bits per heavy atom. The first-order chi connectivity index (χ1) is 13.8. The number of aliphatic hydroxyl groups is 1. The van der Waals surface area contributed by atoms with Crippen molar-refractivity contribution < 1.29 is 24.2 Å².